The largest absolute Gasteiger partial charge is 0.379 e. The van der Waals surface area contributed by atoms with Gasteiger partial charge in [-0.25, -0.2) is 4.98 Å². The number of anilines is 1. The van der Waals surface area contributed by atoms with E-state index in [2.05, 4.69) is 33.9 Å². The zero-order valence-corrected chi connectivity index (χ0v) is 16.4. The van der Waals surface area contributed by atoms with Crippen LogP contribution in [0.2, 0.25) is 0 Å². The van der Waals surface area contributed by atoms with Crippen molar-refractivity contribution in [2.45, 2.75) is 39.7 Å². The minimum Gasteiger partial charge on any atom is -0.379 e. The second-order valence-corrected chi connectivity index (χ2v) is 8.25. The van der Waals surface area contributed by atoms with E-state index in [1.54, 1.807) is 0 Å². The van der Waals surface area contributed by atoms with Crippen LogP contribution in [0.4, 0.5) is 5.13 Å². The Morgan fingerprint density at radius 3 is 2.56 bits per heavy atom. The summed E-state index contributed by atoms with van der Waals surface area (Å²) in [5, 5.41) is 4.15. The minimum atomic E-state index is 0.0133. The average Bonchev–Trinajstić information content (AvgIpc) is 3.25. The van der Waals surface area contributed by atoms with Gasteiger partial charge in [0.25, 0.3) is 5.91 Å². The Morgan fingerprint density at radius 2 is 1.92 bits per heavy atom. The molecule has 7 heteroatoms. The molecule has 2 saturated heterocycles. The van der Waals surface area contributed by atoms with Gasteiger partial charge in [0.15, 0.2) is 5.13 Å². The molecule has 3 heterocycles. The monoisotopic (exact) mass is 366 g/mol. The lowest BCUT2D eigenvalue weighted by Gasteiger charge is -2.36. The molecule has 140 valence electrons. The number of thiazole rings is 1. The van der Waals surface area contributed by atoms with Crippen molar-refractivity contribution in [1.29, 1.82) is 0 Å². The molecule has 0 aromatic carbocycles. The summed E-state index contributed by atoms with van der Waals surface area (Å²) in [7, 11) is 0. The molecule has 0 aliphatic carbocycles. The van der Waals surface area contributed by atoms with Crippen molar-refractivity contribution >= 4 is 22.4 Å². The summed E-state index contributed by atoms with van der Waals surface area (Å²) in [6.45, 7) is 12.6. The summed E-state index contributed by atoms with van der Waals surface area (Å²) in [5.74, 6) is 0.500. The third-order valence-corrected chi connectivity index (χ3v) is 6.34. The molecule has 1 atom stereocenters. The lowest BCUT2D eigenvalue weighted by Crippen LogP contribution is -2.51. The molecule has 0 saturated carbocycles. The number of nitrogens with one attached hydrogen (secondary N) is 1. The Balaban J connectivity index is 1.60. The topological polar surface area (TPSA) is 57.7 Å². The average molecular weight is 367 g/mol. The smallest absolute Gasteiger partial charge is 0.263 e. The Labute approximate surface area is 154 Å². The van der Waals surface area contributed by atoms with Gasteiger partial charge in [0, 0.05) is 38.8 Å². The lowest BCUT2D eigenvalue weighted by atomic mass is 10.0. The van der Waals surface area contributed by atoms with E-state index in [1.165, 1.54) is 24.2 Å². The number of aromatic nitrogens is 1. The number of hydrogen-bond acceptors (Lipinski definition) is 6. The number of nitrogens with zero attached hydrogens (tertiary/aromatic N) is 3. The van der Waals surface area contributed by atoms with Crippen molar-refractivity contribution in [3.63, 3.8) is 0 Å². The molecule has 3 rings (SSSR count). The van der Waals surface area contributed by atoms with E-state index < -0.39 is 0 Å². The van der Waals surface area contributed by atoms with Gasteiger partial charge in [-0.2, -0.15) is 0 Å². The molecule has 1 amide bonds. The number of morpholine rings is 1. The summed E-state index contributed by atoms with van der Waals surface area (Å²) < 4.78 is 5.45. The molecular formula is C18H30N4O2S. The van der Waals surface area contributed by atoms with Gasteiger partial charge in [0.05, 0.1) is 18.9 Å². The molecule has 1 aromatic rings. The molecule has 2 aliphatic heterocycles. The van der Waals surface area contributed by atoms with Crippen molar-refractivity contribution in [3.8, 4) is 0 Å². The number of amides is 1. The van der Waals surface area contributed by atoms with Crippen LogP contribution in [0.15, 0.2) is 0 Å². The summed E-state index contributed by atoms with van der Waals surface area (Å²) in [6.07, 6.45) is 2.44. The quantitative estimate of drug-likeness (QED) is 0.836. The third-order valence-electron chi connectivity index (χ3n) is 5.12. The number of carbonyl (C=O) groups excluding carboxylic acids is 1. The zero-order chi connectivity index (χ0) is 17.8. The summed E-state index contributed by atoms with van der Waals surface area (Å²) in [4.78, 5) is 22.8. The number of ether oxygens (including phenoxy) is 1. The molecule has 0 bridgehead atoms. The van der Waals surface area contributed by atoms with Crippen molar-refractivity contribution in [1.82, 2.24) is 15.2 Å². The normalized spacial score (nSPS) is 20.2. The maximum absolute atomic E-state index is 12.7. The first-order valence-electron chi connectivity index (χ1n) is 9.38. The van der Waals surface area contributed by atoms with Gasteiger partial charge in [-0.3, -0.25) is 9.69 Å². The van der Waals surface area contributed by atoms with E-state index in [1.807, 2.05) is 6.92 Å². The highest BCUT2D eigenvalue weighted by molar-refractivity contribution is 7.17. The summed E-state index contributed by atoms with van der Waals surface area (Å²) >= 11 is 1.53. The van der Waals surface area contributed by atoms with Crippen molar-refractivity contribution < 1.29 is 9.53 Å². The van der Waals surface area contributed by atoms with Crippen LogP contribution in [-0.4, -0.2) is 67.8 Å². The number of hydrogen-bond donors (Lipinski definition) is 1. The molecule has 25 heavy (non-hydrogen) atoms. The fourth-order valence-corrected chi connectivity index (χ4v) is 4.64. The van der Waals surface area contributed by atoms with E-state index in [9.17, 15) is 4.79 Å². The van der Waals surface area contributed by atoms with Gasteiger partial charge in [0.2, 0.25) is 0 Å². The van der Waals surface area contributed by atoms with Gasteiger partial charge >= 0.3 is 0 Å². The maximum atomic E-state index is 12.7. The van der Waals surface area contributed by atoms with Crippen LogP contribution in [0, 0.1) is 12.8 Å². The van der Waals surface area contributed by atoms with E-state index in [0.29, 0.717) is 18.5 Å². The highest BCUT2D eigenvalue weighted by Gasteiger charge is 2.26. The molecular weight excluding hydrogens is 336 g/mol. The number of aryl methyl sites for hydroxylation is 1. The van der Waals surface area contributed by atoms with Crippen LogP contribution in [0.25, 0.3) is 0 Å². The van der Waals surface area contributed by atoms with E-state index in [4.69, 9.17) is 4.74 Å². The highest BCUT2D eigenvalue weighted by Crippen LogP contribution is 2.28. The van der Waals surface area contributed by atoms with Gasteiger partial charge < -0.3 is 15.0 Å². The molecule has 6 nitrogen and oxygen atoms in total. The Morgan fingerprint density at radius 1 is 1.24 bits per heavy atom. The number of rotatable bonds is 6. The molecule has 0 radical (unpaired) electrons. The standard InChI is InChI=1S/C18H30N4O2S/c1-13(2)15(21-8-10-24-11-9-21)12-19-17(23)16-14(3)20-18(25-16)22-6-4-5-7-22/h13,15H,4-12H2,1-3H3,(H,19,23)/t15-/m1/s1. The fourth-order valence-electron chi connectivity index (χ4n) is 3.61. The van der Waals surface area contributed by atoms with Crippen LogP contribution in [0.1, 0.15) is 42.1 Å². The van der Waals surface area contributed by atoms with Crippen LogP contribution >= 0.6 is 11.3 Å². The fraction of sp³-hybridized carbons (Fsp3) is 0.778. The number of carbonyl (C=O) groups is 1. The molecule has 2 fully saturated rings. The van der Waals surface area contributed by atoms with Crippen LogP contribution in [0.5, 0.6) is 0 Å². The maximum Gasteiger partial charge on any atom is 0.263 e. The van der Waals surface area contributed by atoms with Crippen molar-refractivity contribution in [2.24, 2.45) is 5.92 Å². The first-order valence-corrected chi connectivity index (χ1v) is 10.2. The molecule has 1 aromatic heterocycles. The first-order chi connectivity index (χ1) is 12.1. The second kappa shape index (κ2) is 8.47. The third kappa shape index (κ3) is 4.51. The van der Waals surface area contributed by atoms with Gasteiger partial charge in [-0.1, -0.05) is 25.2 Å². The summed E-state index contributed by atoms with van der Waals surface area (Å²) in [5.41, 5.74) is 0.844. The van der Waals surface area contributed by atoms with Crippen LogP contribution < -0.4 is 10.2 Å². The van der Waals surface area contributed by atoms with Crippen molar-refractivity contribution in [2.75, 3.05) is 50.8 Å². The van der Waals surface area contributed by atoms with Crippen molar-refractivity contribution in [3.05, 3.63) is 10.6 Å². The predicted molar refractivity (Wildman–Crippen MR) is 102 cm³/mol. The van der Waals surface area contributed by atoms with Gasteiger partial charge in [-0.15, -0.1) is 0 Å². The second-order valence-electron chi connectivity index (χ2n) is 7.27. The van der Waals surface area contributed by atoms with Crippen LogP contribution in [0.3, 0.4) is 0 Å². The van der Waals surface area contributed by atoms with Gasteiger partial charge in [0.1, 0.15) is 4.88 Å². The molecule has 1 N–H and O–H groups in total. The van der Waals surface area contributed by atoms with Crippen LogP contribution in [-0.2, 0) is 4.74 Å². The molecule has 0 unspecified atom stereocenters. The highest BCUT2D eigenvalue weighted by atomic mass is 32.1. The lowest BCUT2D eigenvalue weighted by molar-refractivity contribution is 0.00673. The molecule has 0 spiro atoms. The SMILES string of the molecule is Cc1nc(N2CCCC2)sc1C(=O)NC[C@H](C(C)C)N1CCOCC1. The summed E-state index contributed by atoms with van der Waals surface area (Å²) in [6, 6.07) is 0.346. The van der Waals surface area contributed by atoms with E-state index in [0.717, 1.165) is 55.1 Å². The van der Waals surface area contributed by atoms with E-state index >= 15 is 0 Å². The zero-order valence-electron chi connectivity index (χ0n) is 15.6. The Kier molecular flexibility index (Phi) is 6.30. The van der Waals surface area contributed by atoms with Gasteiger partial charge in [-0.05, 0) is 25.7 Å². The molecule has 2 aliphatic rings. The Hall–Kier alpha value is -1.18. The first kappa shape index (κ1) is 18.6. The minimum absolute atomic E-state index is 0.0133. The van der Waals surface area contributed by atoms with E-state index in [-0.39, 0.29) is 5.91 Å². The predicted octanol–water partition coefficient (Wildman–Crippen LogP) is 2.14. The Bertz CT molecular complexity index is 578.